The Balaban J connectivity index is 1.53. The first-order valence-corrected chi connectivity index (χ1v) is 14.6. The number of aliphatic hydroxyl groups excluding tert-OH is 1. The summed E-state index contributed by atoms with van der Waals surface area (Å²) in [6, 6.07) is 7.86. The molecular weight excluding hydrogens is 550 g/mol. The van der Waals surface area contributed by atoms with E-state index in [9.17, 15) is 24.1 Å². The SMILES string of the molecule is CC(NP(=O)(OC[C@@]1(CN)OC(n2ccc(=O)[nH]c2=O)[C@H](F)[C@@H]1O)Oc1ccccc1)C(=O)OC1CCCCC1. The van der Waals surface area contributed by atoms with Crippen molar-refractivity contribution in [3.63, 3.8) is 0 Å². The van der Waals surface area contributed by atoms with Gasteiger partial charge in [0.25, 0.3) is 5.56 Å². The van der Waals surface area contributed by atoms with Gasteiger partial charge >= 0.3 is 19.4 Å². The van der Waals surface area contributed by atoms with Crippen LogP contribution in [-0.4, -0.2) is 63.8 Å². The van der Waals surface area contributed by atoms with Gasteiger partial charge in [-0.3, -0.25) is 23.7 Å². The lowest BCUT2D eigenvalue weighted by Gasteiger charge is -2.32. The second kappa shape index (κ2) is 12.8. The lowest BCUT2D eigenvalue weighted by Crippen LogP contribution is -2.52. The van der Waals surface area contributed by atoms with Crippen LogP contribution in [0.5, 0.6) is 5.75 Å². The molecule has 0 spiro atoms. The molecule has 6 atom stereocenters. The normalized spacial score (nSPS) is 27.6. The minimum Gasteiger partial charge on any atom is -0.461 e. The first-order chi connectivity index (χ1) is 19.1. The number of aliphatic hydroxyl groups is 1. The van der Waals surface area contributed by atoms with E-state index in [1.807, 2.05) is 4.98 Å². The van der Waals surface area contributed by atoms with Crippen LogP contribution < -0.4 is 26.6 Å². The highest BCUT2D eigenvalue weighted by Gasteiger charge is 2.56. The Labute approximate surface area is 229 Å². The maximum absolute atomic E-state index is 15.2. The van der Waals surface area contributed by atoms with Crippen molar-refractivity contribution in [3.8, 4) is 5.75 Å². The van der Waals surface area contributed by atoms with Gasteiger partial charge in [0.2, 0.25) is 0 Å². The van der Waals surface area contributed by atoms with Gasteiger partial charge in [-0.05, 0) is 44.7 Å². The average Bonchev–Trinajstić information content (AvgIpc) is 3.18. The summed E-state index contributed by atoms with van der Waals surface area (Å²) in [4.78, 5) is 38.4. The molecule has 0 bridgehead atoms. The predicted octanol–water partition coefficient (Wildman–Crippen LogP) is 1.52. The van der Waals surface area contributed by atoms with Gasteiger partial charge in [-0.2, -0.15) is 5.09 Å². The van der Waals surface area contributed by atoms with Crippen molar-refractivity contribution in [2.45, 2.75) is 75.3 Å². The first kappa shape index (κ1) is 30.1. The van der Waals surface area contributed by atoms with Crippen LogP contribution in [0.25, 0.3) is 0 Å². The summed E-state index contributed by atoms with van der Waals surface area (Å²) in [5.41, 5.74) is 2.22. The minimum absolute atomic E-state index is 0.141. The van der Waals surface area contributed by atoms with Crippen molar-refractivity contribution in [2.75, 3.05) is 13.2 Å². The number of halogens is 1. The third-order valence-corrected chi connectivity index (χ3v) is 8.55. The highest BCUT2D eigenvalue weighted by molar-refractivity contribution is 7.52. The Morgan fingerprint density at radius 3 is 2.62 bits per heavy atom. The van der Waals surface area contributed by atoms with Gasteiger partial charge in [-0.15, -0.1) is 0 Å². The number of esters is 1. The summed E-state index contributed by atoms with van der Waals surface area (Å²) in [6.45, 7) is 0.181. The second-order valence-electron chi connectivity index (χ2n) is 9.91. The number of H-pyrrole nitrogens is 1. The van der Waals surface area contributed by atoms with E-state index in [2.05, 4.69) is 5.09 Å². The van der Waals surface area contributed by atoms with Gasteiger partial charge in [-0.25, -0.2) is 13.8 Å². The fourth-order valence-electron chi connectivity index (χ4n) is 4.65. The van der Waals surface area contributed by atoms with Gasteiger partial charge in [0.15, 0.2) is 12.4 Å². The number of alkyl halides is 1. The standard InChI is InChI=1S/C25H34FN4O9P/c1-16(23(33)37-17-8-4-2-5-9-17)29-40(35,39-18-10-6-3-7-11-18)36-15-25(14-27)21(32)20(26)22(38-25)30-13-12-19(31)28-24(30)34/h3,6-7,10-13,16-17,20-22,32H,2,4-5,8-9,14-15,27H2,1H3,(H,29,35)(H,28,31,34)/t16?,20-,21+,22?,25-,40?/m1/s1. The maximum Gasteiger partial charge on any atom is 0.459 e. The Morgan fingerprint density at radius 1 is 1.27 bits per heavy atom. The molecule has 1 saturated heterocycles. The van der Waals surface area contributed by atoms with Gasteiger partial charge in [0.1, 0.15) is 29.6 Å². The number of ether oxygens (including phenoxy) is 2. The van der Waals surface area contributed by atoms with Crippen LogP contribution in [0.3, 0.4) is 0 Å². The van der Waals surface area contributed by atoms with E-state index in [4.69, 9.17) is 24.3 Å². The molecule has 2 heterocycles. The molecule has 1 aromatic carbocycles. The average molecular weight is 585 g/mol. The Hall–Kier alpha value is -2.87. The molecule has 1 aliphatic carbocycles. The van der Waals surface area contributed by atoms with Crippen LogP contribution in [-0.2, 0) is 23.4 Å². The third kappa shape index (κ3) is 6.88. The highest BCUT2D eigenvalue weighted by atomic mass is 31.2. The van der Waals surface area contributed by atoms with Crippen LogP contribution in [0.4, 0.5) is 4.39 Å². The number of nitrogens with one attached hydrogen (secondary N) is 2. The maximum atomic E-state index is 15.2. The molecule has 5 N–H and O–H groups in total. The topological polar surface area (TPSA) is 184 Å². The number of para-hydroxylation sites is 1. The van der Waals surface area contributed by atoms with Crippen molar-refractivity contribution in [3.05, 3.63) is 63.4 Å². The van der Waals surface area contributed by atoms with Crippen molar-refractivity contribution < 1.29 is 37.4 Å². The van der Waals surface area contributed by atoms with Crippen LogP contribution in [0, 0.1) is 0 Å². The molecule has 3 unspecified atom stereocenters. The molecule has 40 heavy (non-hydrogen) atoms. The Morgan fingerprint density at radius 2 is 1.98 bits per heavy atom. The smallest absolute Gasteiger partial charge is 0.459 e. The van der Waals surface area contributed by atoms with E-state index in [0.29, 0.717) is 0 Å². The number of benzene rings is 1. The number of aromatic nitrogens is 2. The molecule has 2 fully saturated rings. The molecule has 2 aliphatic rings. The van der Waals surface area contributed by atoms with Crippen molar-refractivity contribution >= 4 is 13.7 Å². The van der Waals surface area contributed by atoms with Gasteiger partial charge in [-0.1, -0.05) is 24.6 Å². The fourth-order valence-corrected chi connectivity index (χ4v) is 6.20. The van der Waals surface area contributed by atoms with E-state index >= 15 is 4.39 Å². The summed E-state index contributed by atoms with van der Waals surface area (Å²) < 4.78 is 52.4. The number of hydrogen-bond donors (Lipinski definition) is 4. The number of carbonyl (C=O) groups is 1. The number of hydrogen-bond acceptors (Lipinski definition) is 10. The number of rotatable bonds is 11. The zero-order valence-electron chi connectivity index (χ0n) is 21.9. The highest BCUT2D eigenvalue weighted by Crippen LogP contribution is 2.48. The molecule has 4 rings (SSSR count). The van der Waals surface area contributed by atoms with Gasteiger partial charge < -0.3 is 24.8 Å². The monoisotopic (exact) mass is 584 g/mol. The number of carbonyl (C=O) groups excluding carboxylic acids is 1. The summed E-state index contributed by atoms with van der Waals surface area (Å²) in [5, 5.41) is 13.3. The lowest BCUT2D eigenvalue weighted by molar-refractivity contribution is -0.152. The van der Waals surface area contributed by atoms with Crippen LogP contribution in [0.1, 0.15) is 45.3 Å². The van der Waals surface area contributed by atoms with Crippen molar-refractivity contribution in [2.24, 2.45) is 5.73 Å². The molecule has 1 saturated carbocycles. The van der Waals surface area contributed by atoms with E-state index in [-0.39, 0.29) is 11.9 Å². The minimum atomic E-state index is -4.40. The summed E-state index contributed by atoms with van der Waals surface area (Å²) >= 11 is 0. The van der Waals surface area contributed by atoms with E-state index in [0.717, 1.165) is 48.9 Å². The summed E-state index contributed by atoms with van der Waals surface area (Å²) in [5.74, 6) is -0.513. The second-order valence-corrected chi connectivity index (χ2v) is 11.6. The summed E-state index contributed by atoms with van der Waals surface area (Å²) in [6.07, 6.45) is -0.517. The molecule has 2 aromatic rings. The Bertz CT molecular complexity index is 1320. The summed E-state index contributed by atoms with van der Waals surface area (Å²) in [7, 11) is -4.40. The van der Waals surface area contributed by atoms with E-state index in [1.54, 1.807) is 18.2 Å². The molecule has 1 aromatic heterocycles. The van der Waals surface area contributed by atoms with Crippen LogP contribution in [0.2, 0.25) is 0 Å². The van der Waals surface area contributed by atoms with E-state index in [1.165, 1.54) is 19.1 Å². The molecule has 13 nitrogen and oxygen atoms in total. The van der Waals surface area contributed by atoms with E-state index < -0.39 is 68.3 Å². The van der Waals surface area contributed by atoms with Crippen LogP contribution in [0.15, 0.2) is 52.2 Å². The Kier molecular flexibility index (Phi) is 9.60. The number of aromatic amines is 1. The molecule has 1 aliphatic heterocycles. The first-order valence-electron chi connectivity index (χ1n) is 13.0. The fraction of sp³-hybridized carbons (Fsp3) is 0.560. The molecule has 0 amide bonds. The lowest BCUT2D eigenvalue weighted by atomic mass is 9.97. The van der Waals surface area contributed by atoms with Crippen molar-refractivity contribution in [1.82, 2.24) is 14.6 Å². The molecule has 220 valence electrons. The van der Waals surface area contributed by atoms with Crippen LogP contribution >= 0.6 is 7.75 Å². The molecule has 15 heteroatoms. The zero-order chi connectivity index (χ0) is 28.9. The number of nitrogens with zero attached hydrogens (tertiary/aromatic N) is 1. The molecular formula is C25H34FN4O9P. The molecule has 0 radical (unpaired) electrons. The zero-order valence-corrected chi connectivity index (χ0v) is 22.8. The quantitative estimate of drug-likeness (QED) is 0.222. The predicted molar refractivity (Wildman–Crippen MR) is 140 cm³/mol. The van der Waals surface area contributed by atoms with Crippen molar-refractivity contribution in [1.29, 1.82) is 0 Å². The van der Waals surface area contributed by atoms with Gasteiger partial charge in [0, 0.05) is 18.8 Å². The third-order valence-electron chi connectivity index (χ3n) is 6.93. The largest absolute Gasteiger partial charge is 0.461 e. The number of nitrogens with two attached hydrogens (primary N) is 1. The van der Waals surface area contributed by atoms with Gasteiger partial charge in [0.05, 0.1) is 6.61 Å².